The lowest BCUT2D eigenvalue weighted by Crippen LogP contribution is -2.34. The quantitative estimate of drug-likeness (QED) is 0.675. The van der Waals surface area contributed by atoms with Crippen molar-refractivity contribution < 1.29 is 0 Å². The smallest absolute Gasteiger partial charge is 0.0193 e. The third-order valence-electron chi connectivity index (χ3n) is 3.32. The first-order chi connectivity index (χ1) is 6.31. The van der Waals surface area contributed by atoms with Crippen LogP contribution in [0, 0.1) is 5.92 Å². The summed E-state index contributed by atoms with van der Waals surface area (Å²) < 4.78 is 0. The van der Waals surface area contributed by atoms with Crippen molar-refractivity contribution in [3.05, 3.63) is 0 Å². The summed E-state index contributed by atoms with van der Waals surface area (Å²) in [7, 11) is 0. The van der Waals surface area contributed by atoms with E-state index in [0.29, 0.717) is 0 Å². The molecule has 0 radical (unpaired) electrons. The highest BCUT2D eigenvalue weighted by molar-refractivity contribution is 9.09. The number of hydrogen-bond donors (Lipinski definition) is 0. The molecule has 1 aliphatic rings. The Kier molecular flexibility index (Phi) is 5.34. The molecule has 1 rings (SSSR count). The van der Waals surface area contributed by atoms with Crippen molar-refractivity contribution in [3.8, 4) is 0 Å². The molecule has 0 aromatic carbocycles. The largest absolute Gasteiger partial charge is 0.299 e. The van der Waals surface area contributed by atoms with E-state index in [0.717, 1.165) is 17.3 Å². The number of likely N-dealkylation sites (tertiary alicyclic amines) is 1. The summed E-state index contributed by atoms with van der Waals surface area (Å²) in [5.41, 5.74) is 0. The second-order valence-electron chi connectivity index (χ2n) is 4.13. The maximum Gasteiger partial charge on any atom is 0.0193 e. The summed E-state index contributed by atoms with van der Waals surface area (Å²) in [4.78, 5) is 2.67. The van der Waals surface area contributed by atoms with Crippen LogP contribution in [0.1, 0.15) is 39.5 Å². The van der Waals surface area contributed by atoms with Crippen molar-refractivity contribution in [3.63, 3.8) is 0 Å². The van der Waals surface area contributed by atoms with Gasteiger partial charge in [0.25, 0.3) is 0 Å². The summed E-state index contributed by atoms with van der Waals surface area (Å²) in [6.45, 7) is 7.27. The zero-order valence-electron chi connectivity index (χ0n) is 8.93. The summed E-state index contributed by atoms with van der Waals surface area (Å²) in [5.74, 6) is 0.916. The average molecular weight is 248 g/mol. The number of hydrogen-bond acceptors (Lipinski definition) is 1. The lowest BCUT2D eigenvalue weighted by Gasteiger charge is -2.26. The van der Waals surface area contributed by atoms with Gasteiger partial charge in [0, 0.05) is 17.9 Å². The Morgan fingerprint density at radius 2 is 2.08 bits per heavy atom. The number of alkyl halides is 1. The molecule has 2 heteroatoms. The van der Waals surface area contributed by atoms with Crippen LogP contribution in [0.3, 0.4) is 0 Å². The van der Waals surface area contributed by atoms with Crippen LogP contribution in [0.2, 0.25) is 0 Å². The van der Waals surface area contributed by atoms with Gasteiger partial charge in [-0.05, 0) is 25.3 Å². The normalized spacial score (nSPS) is 24.5. The molecule has 78 valence electrons. The van der Waals surface area contributed by atoms with E-state index in [2.05, 4.69) is 34.7 Å². The first kappa shape index (κ1) is 11.5. The van der Waals surface area contributed by atoms with Crippen LogP contribution in [0.15, 0.2) is 0 Å². The molecule has 0 aromatic rings. The van der Waals surface area contributed by atoms with Gasteiger partial charge >= 0.3 is 0 Å². The molecule has 0 N–H and O–H groups in total. The van der Waals surface area contributed by atoms with Crippen LogP contribution >= 0.6 is 15.9 Å². The van der Waals surface area contributed by atoms with Crippen LogP contribution in [-0.2, 0) is 0 Å². The lowest BCUT2D eigenvalue weighted by atomic mass is 10.0. The molecule has 1 aliphatic heterocycles. The van der Waals surface area contributed by atoms with Gasteiger partial charge in [0.1, 0.15) is 0 Å². The molecular formula is C11H22BrN. The minimum atomic E-state index is 0.820. The zero-order valence-corrected chi connectivity index (χ0v) is 10.5. The zero-order chi connectivity index (χ0) is 9.68. The van der Waals surface area contributed by atoms with Crippen LogP contribution in [0.5, 0.6) is 0 Å². The van der Waals surface area contributed by atoms with E-state index in [9.17, 15) is 0 Å². The molecule has 1 saturated heterocycles. The van der Waals surface area contributed by atoms with E-state index in [-0.39, 0.29) is 0 Å². The number of nitrogens with zero attached hydrogens (tertiary/aromatic N) is 1. The standard InChI is InChI=1S/C11H22BrN/c1-3-10(4-2)9-13-7-5-6-11(13)8-12/h10-11H,3-9H2,1-2H3. The fourth-order valence-corrected chi connectivity index (χ4v) is 2.92. The van der Waals surface area contributed by atoms with Gasteiger partial charge in [-0.15, -0.1) is 0 Å². The van der Waals surface area contributed by atoms with E-state index in [1.54, 1.807) is 0 Å². The topological polar surface area (TPSA) is 3.24 Å². The third kappa shape index (κ3) is 3.25. The van der Waals surface area contributed by atoms with E-state index in [4.69, 9.17) is 0 Å². The van der Waals surface area contributed by atoms with Gasteiger partial charge < -0.3 is 0 Å². The van der Waals surface area contributed by atoms with Gasteiger partial charge in [0.05, 0.1) is 0 Å². The van der Waals surface area contributed by atoms with E-state index in [1.807, 2.05) is 0 Å². The van der Waals surface area contributed by atoms with Crippen molar-refractivity contribution in [2.45, 2.75) is 45.6 Å². The van der Waals surface area contributed by atoms with Gasteiger partial charge in [0.2, 0.25) is 0 Å². The van der Waals surface area contributed by atoms with Crippen molar-refractivity contribution in [2.75, 3.05) is 18.4 Å². The van der Waals surface area contributed by atoms with Crippen molar-refractivity contribution in [1.82, 2.24) is 4.90 Å². The fourth-order valence-electron chi connectivity index (χ4n) is 2.19. The predicted molar refractivity (Wildman–Crippen MR) is 62.5 cm³/mol. The van der Waals surface area contributed by atoms with Gasteiger partial charge in [0.15, 0.2) is 0 Å². The van der Waals surface area contributed by atoms with E-state index in [1.165, 1.54) is 38.8 Å². The minimum absolute atomic E-state index is 0.820. The monoisotopic (exact) mass is 247 g/mol. The van der Waals surface area contributed by atoms with Crippen LogP contribution in [0.4, 0.5) is 0 Å². The summed E-state index contributed by atoms with van der Waals surface area (Å²) in [5, 5.41) is 1.16. The number of rotatable bonds is 5. The second-order valence-corrected chi connectivity index (χ2v) is 4.78. The Hall–Kier alpha value is 0.440. The Bertz CT molecular complexity index is 134. The molecule has 13 heavy (non-hydrogen) atoms. The molecule has 1 unspecified atom stereocenters. The molecule has 0 saturated carbocycles. The van der Waals surface area contributed by atoms with Crippen LogP contribution in [0.25, 0.3) is 0 Å². The molecule has 0 spiro atoms. The predicted octanol–water partition coefficient (Wildman–Crippen LogP) is 3.28. The Morgan fingerprint density at radius 3 is 2.62 bits per heavy atom. The Balaban J connectivity index is 2.33. The Labute approximate surface area is 91.0 Å². The molecule has 1 fully saturated rings. The van der Waals surface area contributed by atoms with E-state index < -0.39 is 0 Å². The SMILES string of the molecule is CCC(CC)CN1CCCC1CBr. The molecule has 1 atom stereocenters. The Morgan fingerprint density at radius 1 is 1.38 bits per heavy atom. The number of halogens is 1. The van der Waals surface area contributed by atoms with Gasteiger partial charge in [-0.1, -0.05) is 42.6 Å². The first-order valence-corrected chi connectivity index (χ1v) is 6.73. The maximum atomic E-state index is 3.61. The molecule has 0 aromatic heterocycles. The highest BCUT2D eigenvalue weighted by atomic mass is 79.9. The lowest BCUT2D eigenvalue weighted by molar-refractivity contribution is 0.222. The van der Waals surface area contributed by atoms with Crippen LogP contribution in [-0.4, -0.2) is 29.4 Å². The van der Waals surface area contributed by atoms with Crippen molar-refractivity contribution in [2.24, 2.45) is 5.92 Å². The fraction of sp³-hybridized carbons (Fsp3) is 1.00. The van der Waals surface area contributed by atoms with Crippen molar-refractivity contribution >= 4 is 15.9 Å². The molecule has 1 nitrogen and oxygen atoms in total. The highest BCUT2D eigenvalue weighted by Gasteiger charge is 2.24. The van der Waals surface area contributed by atoms with Gasteiger partial charge in [-0.25, -0.2) is 0 Å². The molecule has 0 bridgehead atoms. The summed E-state index contributed by atoms with van der Waals surface area (Å²) >= 11 is 3.61. The van der Waals surface area contributed by atoms with Gasteiger partial charge in [-0.3, -0.25) is 4.90 Å². The van der Waals surface area contributed by atoms with E-state index >= 15 is 0 Å². The molecule has 1 heterocycles. The van der Waals surface area contributed by atoms with Crippen molar-refractivity contribution in [1.29, 1.82) is 0 Å². The first-order valence-electron chi connectivity index (χ1n) is 5.61. The maximum absolute atomic E-state index is 3.61. The second kappa shape index (κ2) is 6.02. The molecule has 0 aliphatic carbocycles. The average Bonchev–Trinajstić information content (AvgIpc) is 2.61. The molecular weight excluding hydrogens is 226 g/mol. The minimum Gasteiger partial charge on any atom is -0.299 e. The third-order valence-corrected chi connectivity index (χ3v) is 4.07. The summed E-state index contributed by atoms with van der Waals surface area (Å²) in [6, 6.07) is 0.820. The molecule has 0 amide bonds. The van der Waals surface area contributed by atoms with Crippen LogP contribution < -0.4 is 0 Å². The highest BCUT2D eigenvalue weighted by Crippen LogP contribution is 2.21. The van der Waals surface area contributed by atoms with Gasteiger partial charge in [-0.2, -0.15) is 0 Å². The summed E-state index contributed by atoms with van der Waals surface area (Å²) in [6.07, 6.45) is 5.46.